The maximum absolute atomic E-state index is 12.5. The summed E-state index contributed by atoms with van der Waals surface area (Å²) in [7, 11) is 1.61. The molecule has 1 spiro atoms. The second-order valence-corrected chi connectivity index (χ2v) is 6.97. The summed E-state index contributed by atoms with van der Waals surface area (Å²) in [5.41, 5.74) is 1.05. The minimum atomic E-state index is -0.0411. The van der Waals surface area contributed by atoms with E-state index >= 15 is 0 Å². The average molecular weight is 353 g/mol. The first kappa shape index (κ1) is 16.8. The quantitative estimate of drug-likeness (QED) is 0.838. The fraction of sp³-hybridized carbons (Fsp3) is 0.474. The maximum Gasteiger partial charge on any atom is 0.223 e. The molecule has 4 heterocycles. The number of hydrogen-bond acceptors (Lipinski definition) is 6. The van der Waals surface area contributed by atoms with Crippen molar-refractivity contribution in [3.63, 3.8) is 0 Å². The second kappa shape index (κ2) is 6.90. The van der Waals surface area contributed by atoms with E-state index in [9.17, 15) is 4.79 Å². The van der Waals surface area contributed by atoms with Crippen LogP contribution >= 0.6 is 0 Å². The predicted molar refractivity (Wildman–Crippen MR) is 96.8 cm³/mol. The van der Waals surface area contributed by atoms with Crippen molar-refractivity contribution in [1.82, 2.24) is 19.9 Å². The summed E-state index contributed by atoms with van der Waals surface area (Å²) in [5.74, 6) is 1.71. The smallest absolute Gasteiger partial charge is 0.223 e. The lowest BCUT2D eigenvalue weighted by molar-refractivity contribution is -0.132. The zero-order valence-corrected chi connectivity index (χ0v) is 15.0. The standard InChI is InChI=1S/C19H23N5O2/c1-26-17-11-16(21-14-22-17)23-9-6-19(7-10-23)5-4-18(25)24(19)13-15-3-2-8-20-12-15/h2-3,8,11-12,14H,4-7,9-10,13H2,1H3. The number of piperidine rings is 1. The van der Waals surface area contributed by atoms with E-state index in [4.69, 9.17) is 4.74 Å². The van der Waals surface area contributed by atoms with E-state index in [-0.39, 0.29) is 11.4 Å². The molecule has 0 unspecified atom stereocenters. The number of rotatable bonds is 4. The first-order valence-corrected chi connectivity index (χ1v) is 9.01. The Kier molecular flexibility index (Phi) is 4.44. The van der Waals surface area contributed by atoms with Gasteiger partial charge in [-0.25, -0.2) is 9.97 Å². The highest BCUT2D eigenvalue weighted by molar-refractivity contribution is 5.79. The molecule has 0 saturated carbocycles. The number of amides is 1. The number of ether oxygens (including phenoxy) is 1. The SMILES string of the molecule is COc1cc(N2CCC3(CCC(=O)N3Cc3cccnc3)CC2)ncn1. The van der Waals surface area contributed by atoms with E-state index in [2.05, 4.69) is 24.8 Å². The van der Waals surface area contributed by atoms with Crippen molar-refractivity contribution in [2.75, 3.05) is 25.1 Å². The largest absolute Gasteiger partial charge is 0.481 e. The molecule has 0 radical (unpaired) electrons. The molecule has 2 aliphatic rings. The third-order valence-electron chi connectivity index (χ3n) is 5.60. The molecule has 0 N–H and O–H groups in total. The van der Waals surface area contributed by atoms with Gasteiger partial charge in [-0.1, -0.05) is 6.07 Å². The third kappa shape index (κ3) is 3.09. The summed E-state index contributed by atoms with van der Waals surface area (Å²) >= 11 is 0. The van der Waals surface area contributed by atoms with E-state index in [1.54, 1.807) is 13.3 Å². The highest BCUT2D eigenvalue weighted by Crippen LogP contribution is 2.40. The number of nitrogens with zero attached hydrogens (tertiary/aromatic N) is 5. The summed E-state index contributed by atoms with van der Waals surface area (Å²) in [6, 6.07) is 5.83. The van der Waals surface area contributed by atoms with Gasteiger partial charge in [-0.05, 0) is 30.9 Å². The lowest BCUT2D eigenvalue weighted by Crippen LogP contribution is -2.53. The number of likely N-dealkylation sites (tertiary alicyclic amines) is 1. The molecule has 0 bridgehead atoms. The van der Waals surface area contributed by atoms with Crippen molar-refractivity contribution in [2.24, 2.45) is 0 Å². The van der Waals surface area contributed by atoms with Crippen LogP contribution in [-0.4, -0.2) is 51.5 Å². The molecule has 1 amide bonds. The maximum atomic E-state index is 12.5. The zero-order chi connectivity index (χ0) is 18.0. The Balaban J connectivity index is 1.48. The van der Waals surface area contributed by atoms with Gasteiger partial charge in [-0.3, -0.25) is 9.78 Å². The van der Waals surface area contributed by atoms with Gasteiger partial charge in [0.15, 0.2) is 0 Å². The van der Waals surface area contributed by atoms with Gasteiger partial charge in [0.25, 0.3) is 0 Å². The van der Waals surface area contributed by atoms with Crippen molar-refractivity contribution in [2.45, 2.75) is 37.8 Å². The van der Waals surface area contributed by atoms with Crippen molar-refractivity contribution in [3.8, 4) is 5.88 Å². The van der Waals surface area contributed by atoms with Crippen LogP contribution in [0.25, 0.3) is 0 Å². The molecule has 0 atom stereocenters. The number of hydrogen-bond donors (Lipinski definition) is 0. The van der Waals surface area contributed by atoms with Crippen molar-refractivity contribution < 1.29 is 9.53 Å². The Hall–Kier alpha value is -2.70. The van der Waals surface area contributed by atoms with Crippen molar-refractivity contribution in [3.05, 3.63) is 42.5 Å². The van der Waals surface area contributed by atoms with Crippen LogP contribution in [0.1, 0.15) is 31.2 Å². The van der Waals surface area contributed by atoms with Crippen molar-refractivity contribution >= 4 is 11.7 Å². The van der Waals surface area contributed by atoms with Crippen LogP contribution in [0, 0.1) is 0 Å². The molecule has 2 aromatic rings. The Bertz CT molecular complexity index is 775. The summed E-state index contributed by atoms with van der Waals surface area (Å²) in [6.07, 6.45) is 8.62. The molecule has 7 heteroatoms. The van der Waals surface area contributed by atoms with Crippen LogP contribution in [0.15, 0.2) is 36.9 Å². The Morgan fingerprint density at radius 1 is 1.23 bits per heavy atom. The van der Waals surface area contributed by atoms with Gasteiger partial charge in [0.05, 0.1) is 7.11 Å². The molecule has 2 saturated heterocycles. The molecule has 0 aliphatic carbocycles. The number of carbonyl (C=O) groups is 1. The van der Waals surface area contributed by atoms with Crippen LogP contribution in [0.4, 0.5) is 5.82 Å². The monoisotopic (exact) mass is 353 g/mol. The molecule has 4 rings (SSSR count). The first-order valence-electron chi connectivity index (χ1n) is 9.01. The van der Waals surface area contributed by atoms with Gasteiger partial charge >= 0.3 is 0 Å². The fourth-order valence-corrected chi connectivity index (χ4v) is 4.09. The van der Waals surface area contributed by atoms with Gasteiger partial charge in [0.2, 0.25) is 11.8 Å². The van der Waals surface area contributed by atoms with E-state index in [0.717, 1.165) is 43.7 Å². The van der Waals surface area contributed by atoms with Crippen LogP contribution in [0.5, 0.6) is 5.88 Å². The minimum absolute atomic E-state index is 0.0411. The number of pyridine rings is 1. The number of methoxy groups -OCH3 is 1. The van der Waals surface area contributed by atoms with Gasteiger partial charge in [0, 0.05) is 50.1 Å². The highest BCUT2D eigenvalue weighted by Gasteiger charge is 2.46. The van der Waals surface area contributed by atoms with E-state index in [1.807, 2.05) is 24.4 Å². The Morgan fingerprint density at radius 2 is 2.08 bits per heavy atom. The molecule has 2 aromatic heterocycles. The van der Waals surface area contributed by atoms with E-state index in [1.165, 1.54) is 6.33 Å². The molecular formula is C19H23N5O2. The Morgan fingerprint density at radius 3 is 2.81 bits per heavy atom. The number of carbonyl (C=O) groups excluding carboxylic acids is 1. The molecule has 2 fully saturated rings. The molecule has 0 aromatic carbocycles. The molecular weight excluding hydrogens is 330 g/mol. The lowest BCUT2D eigenvalue weighted by Gasteiger charge is -2.45. The zero-order valence-electron chi connectivity index (χ0n) is 15.0. The van der Waals surface area contributed by atoms with Crippen molar-refractivity contribution in [1.29, 1.82) is 0 Å². The number of anilines is 1. The van der Waals surface area contributed by atoms with Crippen LogP contribution in [-0.2, 0) is 11.3 Å². The van der Waals surface area contributed by atoms with Gasteiger partial charge < -0.3 is 14.5 Å². The normalized spacial score (nSPS) is 19.2. The molecule has 26 heavy (non-hydrogen) atoms. The Labute approximate surface area is 153 Å². The minimum Gasteiger partial charge on any atom is -0.481 e. The van der Waals surface area contributed by atoms with E-state index < -0.39 is 0 Å². The summed E-state index contributed by atoms with van der Waals surface area (Å²) in [5, 5.41) is 0. The molecule has 136 valence electrons. The predicted octanol–water partition coefficient (Wildman–Crippen LogP) is 2.04. The average Bonchev–Trinajstić information content (AvgIpc) is 2.99. The van der Waals surface area contributed by atoms with Crippen LogP contribution in [0.2, 0.25) is 0 Å². The first-order chi connectivity index (χ1) is 12.7. The highest BCUT2D eigenvalue weighted by atomic mass is 16.5. The number of aromatic nitrogens is 3. The fourth-order valence-electron chi connectivity index (χ4n) is 4.09. The van der Waals surface area contributed by atoms with Gasteiger partial charge in [0.1, 0.15) is 12.1 Å². The third-order valence-corrected chi connectivity index (χ3v) is 5.60. The van der Waals surface area contributed by atoms with Crippen LogP contribution in [0.3, 0.4) is 0 Å². The van der Waals surface area contributed by atoms with Crippen LogP contribution < -0.4 is 9.64 Å². The van der Waals surface area contributed by atoms with Gasteiger partial charge in [-0.2, -0.15) is 0 Å². The summed E-state index contributed by atoms with van der Waals surface area (Å²) in [6.45, 7) is 2.39. The molecule has 2 aliphatic heterocycles. The van der Waals surface area contributed by atoms with E-state index in [0.29, 0.717) is 18.8 Å². The summed E-state index contributed by atoms with van der Waals surface area (Å²) in [4.78, 5) is 29.5. The summed E-state index contributed by atoms with van der Waals surface area (Å²) < 4.78 is 5.20. The lowest BCUT2D eigenvalue weighted by atomic mass is 9.84. The second-order valence-electron chi connectivity index (χ2n) is 6.97. The molecule has 7 nitrogen and oxygen atoms in total. The topological polar surface area (TPSA) is 71.5 Å². The van der Waals surface area contributed by atoms with Gasteiger partial charge in [-0.15, -0.1) is 0 Å².